The number of hydrogen-bond acceptors (Lipinski definition) is 3. The predicted octanol–water partition coefficient (Wildman–Crippen LogP) is 2.82. The van der Waals surface area contributed by atoms with E-state index in [0.717, 1.165) is 23.5 Å². The fraction of sp³-hybridized carbons (Fsp3) is 0.308. The lowest BCUT2D eigenvalue weighted by molar-refractivity contribution is 0.485. The Morgan fingerprint density at radius 1 is 1.44 bits per heavy atom. The summed E-state index contributed by atoms with van der Waals surface area (Å²) in [5, 5.41) is 5.03. The van der Waals surface area contributed by atoms with Gasteiger partial charge in [0, 0.05) is 29.2 Å². The van der Waals surface area contributed by atoms with Gasteiger partial charge in [0.05, 0.1) is 0 Å². The average Bonchev–Trinajstić information content (AvgIpc) is 2.78. The topological polar surface area (TPSA) is 44.9 Å². The van der Waals surface area contributed by atoms with Crippen molar-refractivity contribution in [1.82, 2.24) is 10.3 Å². The number of H-pyrrole nitrogens is 1. The van der Waals surface area contributed by atoms with Gasteiger partial charge in [-0.2, -0.15) is 0 Å². The molecule has 0 saturated carbocycles. The fourth-order valence-corrected chi connectivity index (χ4v) is 2.45. The van der Waals surface area contributed by atoms with Crippen molar-refractivity contribution < 1.29 is 4.39 Å². The van der Waals surface area contributed by atoms with E-state index in [2.05, 4.69) is 10.3 Å². The summed E-state index contributed by atoms with van der Waals surface area (Å²) in [7, 11) is 0. The maximum atomic E-state index is 13.7. The van der Waals surface area contributed by atoms with Crippen LogP contribution in [0.3, 0.4) is 0 Å². The van der Waals surface area contributed by atoms with Crippen LogP contribution in [-0.4, -0.2) is 4.98 Å². The molecule has 2 aromatic rings. The minimum Gasteiger partial charge on any atom is -0.315 e. The summed E-state index contributed by atoms with van der Waals surface area (Å²) >= 11 is 1.14. The van der Waals surface area contributed by atoms with Crippen molar-refractivity contribution in [2.75, 3.05) is 0 Å². The molecule has 0 aliphatic heterocycles. The molecule has 18 heavy (non-hydrogen) atoms. The summed E-state index contributed by atoms with van der Waals surface area (Å²) in [5.41, 5.74) is 1.50. The van der Waals surface area contributed by atoms with Gasteiger partial charge in [-0.1, -0.05) is 36.5 Å². The van der Waals surface area contributed by atoms with Gasteiger partial charge in [-0.25, -0.2) is 4.39 Å². The van der Waals surface area contributed by atoms with E-state index in [1.165, 1.54) is 6.07 Å². The van der Waals surface area contributed by atoms with Crippen molar-refractivity contribution in [3.05, 3.63) is 56.4 Å². The van der Waals surface area contributed by atoms with Crippen LogP contribution in [0.4, 0.5) is 4.39 Å². The lowest BCUT2D eigenvalue weighted by atomic mass is 10.0. The summed E-state index contributed by atoms with van der Waals surface area (Å²) in [4.78, 5) is 13.7. The van der Waals surface area contributed by atoms with Crippen LogP contribution in [0.25, 0.3) is 0 Å². The van der Waals surface area contributed by atoms with Crippen molar-refractivity contribution in [2.24, 2.45) is 0 Å². The largest absolute Gasteiger partial charge is 0.315 e. The van der Waals surface area contributed by atoms with Crippen molar-refractivity contribution in [1.29, 1.82) is 0 Å². The molecular formula is C13H15FN2OS. The first-order chi connectivity index (χ1) is 8.70. The average molecular weight is 266 g/mol. The van der Waals surface area contributed by atoms with Crippen molar-refractivity contribution >= 4 is 11.3 Å². The highest BCUT2D eigenvalue weighted by Crippen LogP contribution is 2.20. The smallest absolute Gasteiger partial charge is 0.304 e. The Bertz CT molecular complexity index is 564. The van der Waals surface area contributed by atoms with Gasteiger partial charge in [0.25, 0.3) is 0 Å². The van der Waals surface area contributed by atoms with Crippen molar-refractivity contribution in [3.8, 4) is 0 Å². The second-order valence-electron chi connectivity index (χ2n) is 4.04. The number of halogens is 1. The maximum Gasteiger partial charge on any atom is 0.304 e. The van der Waals surface area contributed by atoms with E-state index in [4.69, 9.17) is 0 Å². The van der Waals surface area contributed by atoms with E-state index in [1.807, 2.05) is 13.0 Å². The predicted molar refractivity (Wildman–Crippen MR) is 71.2 cm³/mol. The number of hydrogen-bond donors (Lipinski definition) is 2. The standard InChI is InChI=1S/C13H15FN2OS/c1-2-12(10-5-3-4-6-11(10)14)15-7-9-8-18-13(17)16-9/h3-6,8,12,15H,2,7H2,1H3,(H,16,17). The Balaban J connectivity index is 2.06. The van der Waals surface area contributed by atoms with Gasteiger partial charge in [0.1, 0.15) is 5.82 Å². The Morgan fingerprint density at radius 2 is 2.22 bits per heavy atom. The lowest BCUT2D eigenvalue weighted by Crippen LogP contribution is -2.21. The molecule has 1 aromatic carbocycles. The van der Waals surface area contributed by atoms with Crippen LogP contribution in [0.1, 0.15) is 30.6 Å². The van der Waals surface area contributed by atoms with Crippen molar-refractivity contribution in [3.63, 3.8) is 0 Å². The van der Waals surface area contributed by atoms with E-state index >= 15 is 0 Å². The maximum absolute atomic E-state index is 13.7. The molecule has 1 aromatic heterocycles. The van der Waals surface area contributed by atoms with E-state index in [0.29, 0.717) is 12.1 Å². The minimum atomic E-state index is -0.198. The zero-order valence-corrected chi connectivity index (χ0v) is 10.9. The molecule has 2 N–H and O–H groups in total. The summed E-state index contributed by atoms with van der Waals surface area (Å²) in [5.74, 6) is -0.198. The molecule has 2 rings (SSSR count). The van der Waals surface area contributed by atoms with Gasteiger partial charge >= 0.3 is 4.87 Å². The first kappa shape index (κ1) is 13.0. The number of nitrogens with one attached hydrogen (secondary N) is 2. The molecule has 0 spiro atoms. The molecule has 0 amide bonds. The van der Waals surface area contributed by atoms with Crippen LogP contribution in [0.15, 0.2) is 34.4 Å². The molecule has 5 heteroatoms. The molecule has 1 atom stereocenters. The van der Waals surface area contributed by atoms with Gasteiger partial charge in [-0.3, -0.25) is 4.79 Å². The summed E-state index contributed by atoms with van der Waals surface area (Å²) < 4.78 is 13.7. The molecule has 96 valence electrons. The second kappa shape index (κ2) is 5.93. The van der Waals surface area contributed by atoms with Crippen LogP contribution in [0, 0.1) is 5.82 Å². The Labute approximate surface area is 109 Å². The highest BCUT2D eigenvalue weighted by atomic mass is 32.1. The normalized spacial score (nSPS) is 12.6. The first-order valence-electron chi connectivity index (χ1n) is 5.85. The number of benzene rings is 1. The molecule has 3 nitrogen and oxygen atoms in total. The summed E-state index contributed by atoms with van der Waals surface area (Å²) in [6.07, 6.45) is 0.787. The molecule has 0 fully saturated rings. The first-order valence-corrected chi connectivity index (χ1v) is 6.73. The number of rotatable bonds is 5. The monoisotopic (exact) mass is 266 g/mol. The summed E-state index contributed by atoms with van der Waals surface area (Å²) in [6.45, 7) is 2.53. The number of aromatic amines is 1. The van der Waals surface area contributed by atoms with Crippen LogP contribution in [-0.2, 0) is 6.54 Å². The Kier molecular flexibility index (Phi) is 4.28. The molecule has 0 aliphatic carbocycles. The zero-order chi connectivity index (χ0) is 13.0. The number of aromatic nitrogens is 1. The SMILES string of the molecule is CCC(NCc1csc(=O)[nH]1)c1ccccc1F. The molecule has 1 heterocycles. The minimum absolute atomic E-state index is 0.0467. The second-order valence-corrected chi connectivity index (χ2v) is 4.88. The van der Waals surface area contributed by atoms with Crippen LogP contribution in [0.5, 0.6) is 0 Å². The molecule has 1 unspecified atom stereocenters. The van der Waals surface area contributed by atoms with Gasteiger partial charge in [0.2, 0.25) is 0 Å². The Morgan fingerprint density at radius 3 is 2.83 bits per heavy atom. The third-order valence-corrected chi connectivity index (χ3v) is 3.52. The lowest BCUT2D eigenvalue weighted by Gasteiger charge is -2.17. The third-order valence-electron chi connectivity index (χ3n) is 2.80. The molecule has 0 bridgehead atoms. The van der Waals surface area contributed by atoms with Gasteiger partial charge in [-0.15, -0.1) is 0 Å². The van der Waals surface area contributed by atoms with E-state index in [9.17, 15) is 9.18 Å². The molecule has 0 radical (unpaired) electrons. The van der Waals surface area contributed by atoms with Gasteiger partial charge in [0.15, 0.2) is 0 Å². The zero-order valence-electron chi connectivity index (χ0n) is 10.1. The van der Waals surface area contributed by atoms with Crippen LogP contribution >= 0.6 is 11.3 Å². The van der Waals surface area contributed by atoms with Crippen molar-refractivity contribution in [2.45, 2.75) is 25.9 Å². The molecular weight excluding hydrogens is 251 g/mol. The highest BCUT2D eigenvalue weighted by Gasteiger charge is 2.12. The fourth-order valence-electron chi connectivity index (χ4n) is 1.87. The quantitative estimate of drug-likeness (QED) is 0.874. The van der Waals surface area contributed by atoms with E-state index in [1.54, 1.807) is 17.5 Å². The number of thiazole rings is 1. The van der Waals surface area contributed by atoms with Crippen LogP contribution < -0.4 is 10.2 Å². The van der Waals surface area contributed by atoms with E-state index < -0.39 is 0 Å². The van der Waals surface area contributed by atoms with Gasteiger partial charge < -0.3 is 10.3 Å². The summed E-state index contributed by atoms with van der Waals surface area (Å²) in [6, 6.07) is 6.71. The van der Waals surface area contributed by atoms with E-state index in [-0.39, 0.29) is 16.7 Å². The molecule has 0 aliphatic rings. The van der Waals surface area contributed by atoms with Crippen LogP contribution in [0.2, 0.25) is 0 Å². The molecule has 0 saturated heterocycles. The van der Waals surface area contributed by atoms with Gasteiger partial charge in [-0.05, 0) is 12.5 Å². The highest BCUT2D eigenvalue weighted by molar-refractivity contribution is 7.07. The third kappa shape index (κ3) is 3.05. The Hall–Kier alpha value is -1.46.